The van der Waals surface area contributed by atoms with Crippen LogP contribution >= 0.6 is 0 Å². The molecular formula is C15H22N2O2. The van der Waals surface area contributed by atoms with Crippen LogP contribution in [0.2, 0.25) is 0 Å². The van der Waals surface area contributed by atoms with Crippen LogP contribution < -0.4 is 5.73 Å². The Kier molecular flexibility index (Phi) is 4.93. The van der Waals surface area contributed by atoms with Gasteiger partial charge in [-0.25, -0.2) is 0 Å². The number of carbonyl (C=O) groups is 1. The van der Waals surface area contributed by atoms with Crippen molar-refractivity contribution in [2.75, 3.05) is 19.7 Å². The first kappa shape index (κ1) is 14.0. The van der Waals surface area contributed by atoms with E-state index >= 15 is 0 Å². The lowest BCUT2D eigenvalue weighted by molar-refractivity contribution is 0.0524. The predicted molar refractivity (Wildman–Crippen MR) is 75.0 cm³/mol. The molecule has 0 spiro atoms. The van der Waals surface area contributed by atoms with E-state index in [1.165, 1.54) is 6.42 Å². The molecule has 104 valence electrons. The van der Waals surface area contributed by atoms with Crippen molar-refractivity contribution in [1.29, 1.82) is 0 Å². The van der Waals surface area contributed by atoms with Gasteiger partial charge >= 0.3 is 0 Å². The summed E-state index contributed by atoms with van der Waals surface area (Å²) in [7, 11) is 0. The molecule has 1 aliphatic carbocycles. The van der Waals surface area contributed by atoms with Gasteiger partial charge in [0.25, 0.3) is 5.91 Å². The molecule has 0 aliphatic heterocycles. The number of aliphatic hydroxyl groups is 1. The Hall–Kier alpha value is -1.39. The maximum absolute atomic E-state index is 12.6. The molecule has 19 heavy (non-hydrogen) atoms. The van der Waals surface area contributed by atoms with E-state index in [9.17, 15) is 4.79 Å². The molecule has 4 nitrogen and oxygen atoms in total. The summed E-state index contributed by atoms with van der Waals surface area (Å²) in [4.78, 5) is 14.5. The molecule has 2 rings (SSSR count). The van der Waals surface area contributed by atoms with Crippen LogP contribution in [0.4, 0.5) is 0 Å². The van der Waals surface area contributed by atoms with Crippen LogP contribution in [0.3, 0.4) is 0 Å². The molecule has 1 saturated carbocycles. The minimum atomic E-state index is 0.0152. The first-order valence-electron chi connectivity index (χ1n) is 6.97. The topological polar surface area (TPSA) is 66.6 Å². The van der Waals surface area contributed by atoms with Gasteiger partial charge in [-0.15, -0.1) is 0 Å². The summed E-state index contributed by atoms with van der Waals surface area (Å²) in [6.45, 7) is 0.968. The second-order valence-electron chi connectivity index (χ2n) is 5.00. The van der Waals surface area contributed by atoms with Crippen molar-refractivity contribution in [3.05, 3.63) is 35.4 Å². The molecule has 0 heterocycles. The zero-order chi connectivity index (χ0) is 13.7. The SMILES string of the molecule is NCCc1ccccc1C(=O)N(CCO)C1CCC1. The fourth-order valence-electron chi connectivity index (χ4n) is 2.51. The zero-order valence-corrected chi connectivity index (χ0v) is 11.2. The lowest BCUT2D eigenvalue weighted by Crippen LogP contribution is -2.45. The van der Waals surface area contributed by atoms with E-state index in [0.29, 0.717) is 25.6 Å². The van der Waals surface area contributed by atoms with Crippen molar-refractivity contribution in [2.45, 2.75) is 31.7 Å². The van der Waals surface area contributed by atoms with Crippen LogP contribution in [-0.4, -0.2) is 41.7 Å². The average molecular weight is 262 g/mol. The molecule has 3 N–H and O–H groups in total. The third kappa shape index (κ3) is 3.14. The normalized spacial score (nSPS) is 15.1. The van der Waals surface area contributed by atoms with Gasteiger partial charge in [0, 0.05) is 18.2 Å². The van der Waals surface area contributed by atoms with E-state index in [4.69, 9.17) is 10.8 Å². The first-order chi connectivity index (χ1) is 9.27. The van der Waals surface area contributed by atoms with Crippen molar-refractivity contribution in [2.24, 2.45) is 5.73 Å². The van der Waals surface area contributed by atoms with Gasteiger partial charge in [0.15, 0.2) is 0 Å². The minimum absolute atomic E-state index is 0.0152. The fraction of sp³-hybridized carbons (Fsp3) is 0.533. The number of benzene rings is 1. The molecule has 0 atom stereocenters. The van der Waals surface area contributed by atoms with E-state index in [2.05, 4.69) is 0 Å². The Morgan fingerprint density at radius 1 is 1.37 bits per heavy atom. The maximum Gasteiger partial charge on any atom is 0.254 e. The van der Waals surface area contributed by atoms with Gasteiger partial charge in [-0.05, 0) is 43.9 Å². The highest BCUT2D eigenvalue weighted by atomic mass is 16.3. The largest absolute Gasteiger partial charge is 0.395 e. The number of aliphatic hydroxyl groups excluding tert-OH is 1. The number of hydrogen-bond donors (Lipinski definition) is 2. The quantitative estimate of drug-likeness (QED) is 0.809. The van der Waals surface area contributed by atoms with Gasteiger partial charge in [0.05, 0.1) is 6.61 Å². The summed E-state index contributed by atoms with van der Waals surface area (Å²) >= 11 is 0. The molecule has 1 fully saturated rings. The van der Waals surface area contributed by atoms with Crippen molar-refractivity contribution in [3.63, 3.8) is 0 Å². The second kappa shape index (κ2) is 6.68. The molecule has 0 bridgehead atoms. The molecule has 4 heteroatoms. The Morgan fingerprint density at radius 2 is 2.11 bits per heavy atom. The van der Waals surface area contributed by atoms with Crippen molar-refractivity contribution in [1.82, 2.24) is 4.90 Å². The van der Waals surface area contributed by atoms with Gasteiger partial charge in [-0.2, -0.15) is 0 Å². The second-order valence-corrected chi connectivity index (χ2v) is 5.00. The highest BCUT2D eigenvalue weighted by Crippen LogP contribution is 2.26. The molecule has 0 radical (unpaired) electrons. The third-order valence-electron chi connectivity index (χ3n) is 3.78. The summed E-state index contributed by atoms with van der Waals surface area (Å²) in [6.07, 6.45) is 3.97. The van der Waals surface area contributed by atoms with Crippen LogP contribution in [0.1, 0.15) is 35.2 Å². The zero-order valence-electron chi connectivity index (χ0n) is 11.2. The molecule has 0 saturated heterocycles. The van der Waals surface area contributed by atoms with Crippen LogP contribution in [-0.2, 0) is 6.42 Å². The van der Waals surface area contributed by atoms with Crippen LogP contribution in [0.25, 0.3) is 0 Å². The Balaban J connectivity index is 2.20. The van der Waals surface area contributed by atoms with Gasteiger partial charge in [-0.3, -0.25) is 4.79 Å². The highest BCUT2D eigenvalue weighted by Gasteiger charge is 2.29. The summed E-state index contributed by atoms with van der Waals surface area (Å²) in [5, 5.41) is 9.16. The van der Waals surface area contributed by atoms with Gasteiger partial charge in [0.2, 0.25) is 0 Å². The monoisotopic (exact) mass is 262 g/mol. The summed E-state index contributed by atoms with van der Waals surface area (Å²) < 4.78 is 0. The van der Waals surface area contributed by atoms with Crippen molar-refractivity contribution in [3.8, 4) is 0 Å². The summed E-state index contributed by atoms with van der Waals surface area (Å²) in [5.74, 6) is 0.0304. The van der Waals surface area contributed by atoms with Crippen LogP contribution in [0, 0.1) is 0 Å². The molecule has 1 aromatic carbocycles. The average Bonchev–Trinajstić information content (AvgIpc) is 2.36. The van der Waals surface area contributed by atoms with Crippen molar-refractivity contribution >= 4 is 5.91 Å². The van der Waals surface area contributed by atoms with E-state index in [1.807, 2.05) is 29.2 Å². The van der Waals surface area contributed by atoms with Crippen LogP contribution in [0.5, 0.6) is 0 Å². The number of hydrogen-bond acceptors (Lipinski definition) is 3. The van der Waals surface area contributed by atoms with Gasteiger partial charge in [0.1, 0.15) is 0 Å². The van der Waals surface area contributed by atoms with Crippen LogP contribution in [0.15, 0.2) is 24.3 Å². The molecule has 0 aromatic heterocycles. The highest BCUT2D eigenvalue weighted by molar-refractivity contribution is 5.96. The van der Waals surface area contributed by atoms with Gasteiger partial charge in [-0.1, -0.05) is 18.2 Å². The molecule has 0 unspecified atom stereocenters. The third-order valence-corrected chi connectivity index (χ3v) is 3.78. The van der Waals surface area contributed by atoms with E-state index in [0.717, 1.165) is 24.0 Å². The van der Waals surface area contributed by atoms with Gasteiger partial charge < -0.3 is 15.7 Å². The predicted octanol–water partition coefficient (Wildman–Crippen LogP) is 1.17. The van der Waals surface area contributed by atoms with Crippen molar-refractivity contribution < 1.29 is 9.90 Å². The number of amides is 1. The Bertz CT molecular complexity index is 430. The Morgan fingerprint density at radius 3 is 2.68 bits per heavy atom. The fourth-order valence-corrected chi connectivity index (χ4v) is 2.51. The molecular weight excluding hydrogens is 240 g/mol. The number of carbonyl (C=O) groups excluding carboxylic acids is 1. The first-order valence-corrected chi connectivity index (χ1v) is 6.97. The smallest absolute Gasteiger partial charge is 0.254 e. The lowest BCUT2D eigenvalue weighted by atomic mass is 9.90. The molecule has 1 aliphatic rings. The van der Waals surface area contributed by atoms with E-state index in [1.54, 1.807) is 0 Å². The number of rotatable bonds is 6. The standard InChI is InChI=1S/C15H22N2O2/c16-9-8-12-4-1-2-7-14(12)15(19)17(10-11-18)13-5-3-6-13/h1-2,4,7,13,18H,3,5-6,8-11,16H2. The maximum atomic E-state index is 12.6. The minimum Gasteiger partial charge on any atom is -0.395 e. The molecule has 1 amide bonds. The van der Waals surface area contributed by atoms with E-state index < -0.39 is 0 Å². The molecule has 1 aromatic rings. The number of nitrogens with two attached hydrogens (primary N) is 1. The summed E-state index contributed by atoms with van der Waals surface area (Å²) in [6, 6.07) is 7.92. The Labute approximate surface area is 114 Å². The summed E-state index contributed by atoms with van der Waals surface area (Å²) in [5.41, 5.74) is 7.32. The van der Waals surface area contributed by atoms with E-state index in [-0.39, 0.29) is 12.5 Å². The lowest BCUT2D eigenvalue weighted by Gasteiger charge is -2.37. The number of nitrogens with zero attached hydrogens (tertiary/aromatic N) is 1.